The number of nitrogens with one attached hydrogen (secondary N) is 2. The number of pyridine rings is 2. The standard InChI is InChI=1S/C19H14ClN7O/c20-14-7-15(9-21-8-14)28-17-10-23-18-19(24-17)27(26-25-18)11-12-3-4-16-13(6-12)2-1-5-22-16/h1-10,26H,11H2,(H,23,25). The predicted molar refractivity (Wildman–Crippen MR) is 106 cm³/mol. The number of nitrogens with zero attached hydrogens (tertiary/aromatic N) is 5. The van der Waals surface area contributed by atoms with Gasteiger partial charge in [0.1, 0.15) is 5.75 Å². The van der Waals surface area contributed by atoms with Crippen molar-refractivity contribution in [2.45, 2.75) is 6.54 Å². The van der Waals surface area contributed by atoms with Crippen LogP contribution in [0, 0.1) is 0 Å². The van der Waals surface area contributed by atoms with E-state index in [9.17, 15) is 0 Å². The van der Waals surface area contributed by atoms with E-state index in [1.54, 1.807) is 24.7 Å². The third-order valence-electron chi connectivity index (χ3n) is 4.21. The summed E-state index contributed by atoms with van der Waals surface area (Å²) in [4.78, 5) is 17.3. The van der Waals surface area contributed by atoms with Crippen LogP contribution >= 0.6 is 11.6 Å². The molecule has 0 spiro atoms. The molecule has 28 heavy (non-hydrogen) atoms. The predicted octanol–water partition coefficient (Wildman–Crippen LogP) is 3.72. The van der Waals surface area contributed by atoms with Gasteiger partial charge in [-0.1, -0.05) is 23.7 Å². The molecule has 0 saturated carbocycles. The SMILES string of the molecule is Clc1cncc(Oc2cnc3c(n2)N(Cc2ccc4ncccc4c2)NN3)c1. The van der Waals surface area contributed by atoms with Gasteiger partial charge in [-0.15, -0.1) is 5.53 Å². The average molecular weight is 392 g/mol. The van der Waals surface area contributed by atoms with Crippen molar-refractivity contribution in [2.24, 2.45) is 0 Å². The summed E-state index contributed by atoms with van der Waals surface area (Å²) in [7, 11) is 0. The molecule has 138 valence electrons. The lowest BCUT2D eigenvalue weighted by Gasteiger charge is -2.17. The number of anilines is 2. The first kappa shape index (κ1) is 16.7. The highest BCUT2D eigenvalue weighted by molar-refractivity contribution is 6.30. The zero-order valence-electron chi connectivity index (χ0n) is 14.5. The summed E-state index contributed by atoms with van der Waals surface area (Å²) in [6, 6.07) is 11.8. The summed E-state index contributed by atoms with van der Waals surface area (Å²) in [5, 5.41) is 3.44. The molecular weight excluding hydrogens is 378 g/mol. The fourth-order valence-electron chi connectivity index (χ4n) is 2.95. The molecule has 0 amide bonds. The summed E-state index contributed by atoms with van der Waals surface area (Å²) in [5.41, 5.74) is 8.15. The number of fused-ring (bicyclic) bond motifs is 2. The molecule has 2 N–H and O–H groups in total. The quantitative estimate of drug-likeness (QED) is 0.544. The van der Waals surface area contributed by atoms with Crippen molar-refractivity contribution in [3.05, 3.63) is 71.8 Å². The highest BCUT2D eigenvalue weighted by Crippen LogP contribution is 2.30. The minimum atomic E-state index is 0.348. The molecule has 0 aliphatic carbocycles. The molecule has 9 heteroatoms. The molecule has 8 nitrogen and oxygen atoms in total. The molecule has 5 rings (SSSR count). The van der Waals surface area contributed by atoms with Crippen LogP contribution < -0.4 is 20.7 Å². The molecule has 3 aromatic heterocycles. The summed E-state index contributed by atoms with van der Waals surface area (Å²) >= 11 is 5.95. The van der Waals surface area contributed by atoms with Crippen LogP contribution in [0.25, 0.3) is 10.9 Å². The summed E-state index contributed by atoms with van der Waals surface area (Å²) in [5.74, 6) is 2.10. The first-order valence-electron chi connectivity index (χ1n) is 8.53. The van der Waals surface area contributed by atoms with Gasteiger partial charge >= 0.3 is 0 Å². The molecule has 4 aromatic rings. The molecule has 1 aromatic carbocycles. The van der Waals surface area contributed by atoms with Crippen molar-refractivity contribution in [1.29, 1.82) is 0 Å². The first-order valence-corrected chi connectivity index (χ1v) is 8.91. The van der Waals surface area contributed by atoms with Gasteiger partial charge < -0.3 is 4.74 Å². The Balaban J connectivity index is 1.40. The van der Waals surface area contributed by atoms with Gasteiger partial charge in [0.2, 0.25) is 5.88 Å². The first-order chi connectivity index (χ1) is 13.7. The Morgan fingerprint density at radius 1 is 1.07 bits per heavy atom. The Morgan fingerprint density at radius 2 is 2.04 bits per heavy atom. The van der Waals surface area contributed by atoms with Crippen LogP contribution in [0.2, 0.25) is 5.02 Å². The van der Waals surface area contributed by atoms with Gasteiger partial charge in [-0.3, -0.25) is 20.4 Å². The maximum absolute atomic E-state index is 5.95. The van der Waals surface area contributed by atoms with Crippen LogP contribution in [0.5, 0.6) is 11.6 Å². The minimum Gasteiger partial charge on any atom is -0.436 e. The second kappa shape index (κ2) is 6.91. The van der Waals surface area contributed by atoms with Crippen LogP contribution in [-0.4, -0.2) is 19.9 Å². The van der Waals surface area contributed by atoms with Gasteiger partial charge in [0.05, 0.1) is 29.5 Å². The van der Waals surface area contributed by atoms with Crippen molar-refractivity contribution in [3.63, 3.8) is 0 Å². The molecule has 1 aliphatic rings. The lowest BCUT2D eigenvalue weighted by Crippen LogP contribution is -2.35. The molecule has 0 saturated heterocycles. The third kappa shape index (κ3) is 3.26. The fourth-order valence-corrected chi connectivity index (χ4v) is 3.12. The fraction of sp³-hybridized carbons (Fsp3) is 0.0526. The van der Waals surface area contributed by atoms with E-state index < -0.39 is 0 Å². The third-order valence-corrected chi connectivity index (χ3v) is 4.41. The van der Waals surface area contributed by atoms with E-state index in [0.29, 0.717) is 34.8 Å². The monoisotopic (exact) mass is 391 g/mol. The Hall–Kier alpha value is -3.49. The molecular formula is C19H14ClN7O. The van der Waals surface area contributed by atoms with E-state index in [2.05, 4.69) is 37.0 Å². The number of benzene rings is 1. The number of ether oxygens (including phenoxy) is 1. The Bertz CT molecular complexity index is 1170. The van der Waals surface area contributed by atoms with E-state index in [1.807, 2.05) is 29.3 Å². The lowest BCUT2D eigenvalue weighted by atomic mass is 10.1. The van der Waals surface area contributed by atoms with Crippen molar-refractivity contribution >= 4 is 34.1 Å². The van der Waals surface area contributed by atoms with Crippen molar-refractivity contribution in [3.8, 4) is 11.6 Å². The molecule has 0 bridgehead atoms. The molecule has 1 aliphatic heterocycles. The van der Waals surface area contributed by atoms with Crippen LogP contribution in [-0.2, 0) is 6.54 Å². The Kier molecular flexibility index (Phi) is 4.12. The Morgan fingerprint density at radius 3 is 2.96 bits per heavy atom. The summed E-state index contributed by atoms with van der Waals surface area (Å²) < 4.78 is 5.73. The van der Waals surface area contributed by atoms with E-state index in [0.717, 1.165) is 16.5 Å². The molecule has 0 unspecified atom stereocenters. The minimum absolute atomic E-state index is 0.348. The smallest absolute Gasteiger partial charge is 0.240 e. The number of hydrazine groups is 2. The molecule has 0 radical (unpaired) electrons. The van der Waals surface area contributed by atoms with Gasteiger partial charge in [-0.2, -0.15) is 4.98 Å². The van der Waals surface area contributed by atoms with Gasteiger partial charge in [-0.05, 0) is 23.8 Å². The van der Waals surface area contributed by atoms with Gasteiger partial charge in [0, 0.05) is 23.8 Å². The highest BCUT2D eigenvalue weighted by Gasteiger charge is 2.23. The summed E-state index contributed by atoms with van der Waals surface area (Å²) in [6.07, 6.45) is 6.44. The van der Waals surface area contributed by atoms with Crippen LogP contribution in [0.15, 0.2) is 61.2 Å². The van der Waals surface area contributed by atoms with Crippen LogP contribution in [0.4, 0.5) is 11.6 Å². The number of halogens is 1. The normalized spacial score (nSPS) is 12.7. The zero-order valence-corrected chi connectivity index (χ0v) is 15.3. The molecule has 0 atom stereocenters. The van der Waals surface area contributed by atoms with Crippen molar-refractivity contribution in [2.75, 3.05) is 10.4 Å². The molecule has 4 heterocycles. The van der Waals surface area contributed by atoms with Gasteiger partial charge in [0.25, 0.3) is 0 Å². The van der Waals surface area contributed by atoms with Crippen LogP contribution in [0.1, 0.15) is 5.56 Å². The van der Waals surface area contributed by atoms with Crippen molar-refractivity contribution in [1.82, 2.24) is 25.5 Å². The van der Waals surface area contributed by atoms with Gasteiger partial charge in [0.15, 0.2) is 11.6 Å². The molecule has 0 fully saturated rings. The van der Waals surface area contributed by atoms with Crippen molar-refractivity contribution < 1.29 is 4.74 Å². The maximum Gasteiger partial charge on any atom is 0.240 e. The largest absolute Gasteiger partial charge is 0.436 e. The average Bonchev–Trinajstić information content (AvgIpc) is 3.10. The van der Waals surface area contributed by atoms with E-state index in [1.165, 1.54) is 6.20 Å². The number of hydrogen-bond donors (Lipinski definition) is 2. The highest BCUT2D eigenvalue weighted by atomic mass is 35.5. The van der Waals surface area contributed by atoms with E-state index in [4.69, 9.17) is 16.3 Å². The zero-order chi connectivity index (χ0) is 18.9. The number of aromatic nitrogens is 4. The van der Waals surface area contributed by atoms with Gasteiger partial charge in [-0.25, -0.2) is 4.98 Å². The number of rotatable bonds is 4. The second-order valence-electron chi connectivity index (χ2n) is 6.17. The topological polar surface area (TPSA) is 88.1 Å². The van der Waals surface area contributed by atoms with E-state index in [-0.39, 0.29) is 0 Å². The van der Waals surface area contributed by atoms with E-state index >= 15 is 0 Å². The second-order valence-corrected chi connectivity index (χ2v) is 6.61. The lowest BCUT2D eigenvalue weighted by molar-refractivity contribution is 0.458. The van der Waals surface area contributed by atoms with Crippen LogP contribution in [0.3, 0.4) is 0 Å². The summed E-state index contributed by atoms with van der Waals surface area (Å²) in [6.45, 7) is 0.585. The Labute approximate surface area is 165 Å². The number of hydrogen-bond acceptors (Lipinski definition) is 8. The maximum atomic E-state index is 5.95.